The average molecular weight is 318 g/mol. The highest BCUT2D eigenvalue weighted by Crippen LogP contribution is 2.15. The van der Waals surface area contributed by atoms with Gasteiger partial charge < -0.3 is 21.3 Å². The van der Waals surface area contributed by atoms with Gasteiger partial charge in [0.2, 0.25) is 5.91 Å². The Morgan fingerprint density at radius 2 is 1.78 bits per heavy atom. The van der Waals surface area contributed by atoms with Crippen LogP contribution in [0.4, 0.5) is 10.5 Å². The Morgan fingerprint density at radius 3 is 2.35 bits per heavy atom. The number of piperidine rings is 1. The molecule has 1 heterocycles. The molecule has 2 atom stereocenters. The zero-order chi connectivity index (χ0) is 16.8. The third-order valence-corrected chi connectivity index (χ3v) is 4.35. The Balaban J connectivity index is 1.76. The van der Waals surface area contributed by atoms with Crippen LogP contribution in [-0.4, -0.2) is 42.0 Å². The molecule has 0 spiro atoms. The topological polar surface area (TPSA) is 87.5 Å². The van der Waals surface area contributed by atoms with E-state index in [1.54, 1.807) is 0 Å². The first kappa shape index (κ1) is 17.3. The van der Waals surface area contributed by atoms with Gasteiger partial charge in [0.05, 0.1) is 5.92 Å². The van der Waals surface area contributed by atoms with E-state index < -0.39 is 0 Å². The highest BCUT2D eigenvalue weighted by molar-refractivity contribution is 5.89. The van der Waals surface area contributed by atoms with Crippen molar-refractivity contribution in [1.29, 1.82) is 0 Å². The summed E-state index contributed by atoms with van der Waals surface area (Å²) < 4.78 is 0. The maximum absolute atomic E-state index is 12.3. The predicted octanol–water partition coefficient (Wildman–Crippen LogP) is 1.78. The SMILES string of the molecule is CC(N)C(C)C(=O)N1CCC(NC(=O)Nc2ccccc2)CC1. The van der Waals surface area contributed by atoms with Crippen LogP contribution in [-0.2, 0) is 4.79 Å². The van der Waals surface area contributed by atoms with E-state index in [0.29, 0.717) is 13.1 Å². The molecule has 6 heteroatoms. The van der Waals surface area contributed by atoms with E-state index in [2.05, 4.69) is 10.6 Å². The number of amides is 3. The fraction of sp³-hybridized carbons (Fsp3) is 0.529. The highest BCUT2D eigenvalue weighted by Gasteiger charge is 2.28. The van der Waals surface area contributed by atoms with Crippen LogP contribution in [0.15, 0.2) is 30.3 Å². The lowest BCUT2D eigenvalue weighted by Gasteiger charge is -2.34. The van der Waals surface area contributed by atoms with Crippen molar-refractivity contribution < 1.29 is 9.59 Å². The number of nitrogens with two attached hydrogens (primary N) is 1. The van der Waals surface area contributed by atoms with E-state index in [1.807, 2.05) is 49.1 Å². The predicted molar refractivity (Wildman–Crippen MR) is 91.0 cm³/mol. The number of carbonyl (C=O) groups excluding carboxylic acids is 2. The summed E-state index contributed by atoms with van der Waals surface area (Å²) in [5.74, 6) is -0.0620. The van der Waals surface area contributed by atoms with Crippen molar-refractivity contribution in [2.45, 2.75) is 38.8 Å². The lowest BCUT2D eigenvalue weighted by Crippen LogP contribution is -2.50. The van der Waals surface area contributed by atoms with Crippen molar-refractivity contribution >= 4 is 17.6 Å². The van der Waals surface area contributed by atoms with Crippen molar-refractivity contribution in [2.24, 2.45) is 11.7 Å². The zero-order valence-corrected chi connectivity index (χ0v) is 13.8. The molecule has 1 fully saturated rings. The van der Waals surface area contributed by atoms with Gasteiger partial charge in [-0.2, -0.15) is 0 Å². The smallest absolute Gasteiger partial charge is 0.319 e. The number of urea groups is 1. The molecular formula is C17H26N4O2. The van der Waals surface area contributed by atoms with Gasteiger partial charge in [0.15, 0.2) is 0 Å². The zero-order valence-electron chi connectivity index (χ0n) is 13.8. The van der Waals surface area contributed by atoms with Gasteiger partial charge in [0.25, 0.3) is 0 Å². The summed E-state index contributed by atoms with van der Waals surface area (Å²) in [6.45, 7) is 5.04. The maximum atomic E-state index is 12.3. The number of rotatable bonds is 4. The lowest BCUT2D eigenvalue weighted by atomic mass is 9.99. The minimum Gasteiger partial charge on any atom is -0.342 e. The summed E-state index contributed by atoms with van der Waals surface area (Å²) in [5.41, 5.74) is 6.56. The molecule has 1 aliphatic rings. The second-order valence-electron chi connectivity index (χ2n) is 6.21. The number of para-hydroxylation sites is 1. The standard InChI is InChI=1S/C17H26N4O2/c1-12(13(2)18)16(22)21-10-8-15(9-11-21)20-17(23)19-14-6-4-3-5-7-14/h3-7,12-13,15H,8-11,18H2,1-2H3,(H2,19,20,23). The van der Waals surface area contributed by atoms with Crippen LogP contribution in [0.3, 0.4) is 0 Å². The number of hydrogen-bond donors (Lipinski definition) is 3. The Hall–Kier alpha value is -2.08. The van der Waals surface area contributed by atoms with Crippen molar-refractivity contribution in [3.8, 4) is 0 Å². The van der Waals surface area contributed by atoms with Gasteiger partial charge in [-0.05, 0) is 31.9 Å². The molecule has 4 N–H and O–H groups in total. The number of nitrogens with zero attached hydrogens (tertiary/aromatic N) is 1. The molecule has 6 nitrogen and oxygen atoms in total. The molecule has 0 saturated carbocycles. The third-order valence-electron chi connectivity index (χ3n) is 4.35. The minimum atomic E-state index is -0.204. The van der Waals surface area contributed by atoms with Crippen molar-refractivity contribution in [3.63, 3.8) is 0 Å². The fourth-order valence-corrected chi connectivity index (χ4v) is 2.63. The second kappa shape index (κ2) is 7.97. The molecule has 2 rings (SSSR count). The Bertz CT molecular complexity index is 525. The van der Waals surface area contributed by atoms with Crippen LogP contribution in [0.2, 0.25) is 0 Å². The number of benzene rings is 1. The quantitative estimate of drug-likeness (QED) is 0.791. The van der Waals surface area contributed by atoms with E-state index in [9.17, 15) is 9.59 Å². The maximum Gasteiger partial charge on any atom is 0.319 e. The first-order chi connectivity index (χ1) is 11.0. The molecule has 2 unspecified atom stereocenters. The summed E-state index contributed by atoms with van der Waals surface area (Å²) in [7, 11) is 0. The molecular weight excluding hydrogens is 292 g/mol. The fourth-order valence-electron chi connectivity index (χ4n) is 2.63. The van der Waals surface area contributed by atoms with Crippen molar-refractivity contribution in [2.75, 3.05) is 18.4 Å². The Kier molecular flexibility index (Phi) is 5.98. The van der Waals surface area contributed by atoms with E-state index in [4.69, 9.17) is 5.73 Å². The largest absolute Gasteiger partial charge is 0.342 e. The molecule has 23 heavy (non-hydrogen) atoms. The summed E-state index contributed by atoms with van der Waals surface area (Å²) in [6.07, 6.45) is 1.53. The summed E-state index contributed by atoms with van der Waals surface area (Å²) in [4.78, 5) is 26.1. The molecule has 0 aliphatic carbocycles. The van der Waals surface area contributed by atoms with Gasteiger partial charge >= 0.3 is 6.03 Å². The Labute approximate surface area is 137 Å². The van der Waals surface area contributed by atoms with Crippen LogP contribution in [0.25, 0.3) is 0 Å². The highest BCUT2D eigenvalue weighted by atomic mass is 16.2. The average Bonchev–Trinajstić information content (AvgIpc) is 2.55. The first-order valence-electron chi connectivity index (χ1n) is 8.14. The van der Waals surface area contributed by atoms with E-state index in [-0.39, 0.29) is 29.9 Å². The van der Waals surface area contributed by atoms with Gasteiger partial charge in [-0.15, -0.1) is 0 Å². The molecule has 1 saturated heterocycles. The van der Waals surface area contributed by atoms with Crippen molar-refractivity contribution in [1.82, 2.24) is 10.2 Å². The molecule has 0 radical (unpaired) electrons. The molecule has 0 bridgehead atoms. The van der Waals surface area contributed by atoms with Gasteiger partial charge in [-0.25, -0.2) is 4.79 Å². The number of carbonyl (C=O) groups is 2. The van der Waals surface area contributed by atoms with Crippen LogP contribution in [0, 0.1) is 5.92 Å². The number of anilines is 1. The number of nitrogens with one attached hydrogen (secondary N) is 2. The first-order valence-corrected chi connectivity index (χ1v) is 8.14. The molecule has 0 aromatic heterocycles. The van der Waals surface area contributed by atoms with Crippen LogP contribution < -0.4 is 16.4 Å². The van der Waals surface area contributed by atoms with Gasteiger partial charge in [0.1, 0.15) is 0 Å². The second-order valence-corrected chi connectivity index (χ2v) is 6.21. The molecule has 1 aliphatic heterocycles. The summed E-state index contributed by atoms with van der Waals surface area (Å²) in [5, 5.41) is 5.78. The van der Waals surface area contributed by atoms with Gasteiger partial charge in [-0.1, -0.05) is 25.1 Å². The summed E-state index contributed by atoms with van der Waals surface area (Å²) >= 11 is 0. The lowest BCUT2D eigenvalue weighted by molar-refractivity contribution is -0.136. The molecule has 3 amide bonds. The van der Waals surface area contributed by atoms with E-state index in [0.717, 1.165) is 18.5 Å². The molecule has 1 aromatic rings. The van der Waals surface area contributed by atoms with Gasteiger partial charge in [0, 0.05) is 30.9 Å². The molecule has 126 valence electrons. The minimum absolute atomic E-state index is 0.0911. The number of likely N-dealkylation sites (tertiary alicyclic amines) is 1. The van der Waals surface area contributed by atoms with E-state index >= 15 is 0 Å². The van der Waals surface area contributed by atoms with E-state index in [1.165, 1.54) is 0 Å². The summed E-state index contributed by atoms with van der Waals surface area (Å²) in [6, 6.07) is 9.08. The third kappa shape index (κ3) is 4.96. The van der Waals surface area contributed by atoms with Crippen LogP contribution in [0.1, 0.15) is 26.7 Å². The van der Waals surface area contributed by atoms with Crippen LogP contribution >= 0.6 is 0 Å². The van der Waals surface area contributed by atoms with Crippen LogP contribution in [0.5, 0.6) is 0 Å². The van der Waals surface area contributed by atoms with Crippen molar-refractivity contribution in [3.05, 3.63) is 30.3 Å². The monoisotopic (exact) mass is 318 g/mol. The Morgan fingerprint density at radius 1 is 1.17 bits per heavy atom. The normalized spacial score (nSPS) is 18.1. The number of hydrogen-bond acceptors (Lipinski definition) is 3. The molecule has 1 aromatic carbocycles. The van der Waals surface area contributed by atoms with Gasteiger partial charge in [-0.3, -0.25) is 4.79 Å².